The topological polar surface area (TPSA) is 114 Å². The Labute approximate surface area is 202 Å². The minimum Gasteiger partial charge on any atom is -0.466 e. The third kappa shape index (κ3) is 10.2. The first-order valence-corrected chi connectivity index (χ1v) is 11.7. The summed E-state index contributed by atoms with van der Waals surface area (Å²) in [5, 5.41) is 5.23. The molecule has 0 saturated carbocycles. The second-order valence-electron chi connectivity index (χ2n) is 9.11. The molecule has 0 aliphatic rings. The molecule has 0 aromatic heterocycles. The van der Waals surface area contributed by atoms with Crippen LogP contribution in [0.15, 0.2) is 18.2 Å². The molecule has 0 spiro atoms. The van der Waals surface area contributed by atoms with Crippen LogP contribution in [0.5, 0.6) is 0 Å². The van der Waals surface area contributed by atoms with Gasteiger partial charge in [-0.3, -0.25) is 14.4 Å². The van der Waals surface area contributed by atoms with Crippen LogP contribution in [0.3, 0.4) is 0 Å². The van der Waals surface area contributed by atoms with Crippen molar-refractivity contribution in [2.75, 3.05) is 26.2 Å². The van der Waals surface area contributed by atoms with Gasteiger partial charge in [0.05, 0.1) is 13.0 Å². The zero-order chi connectivity index (χ0) is 25.9. The van der Waals surface area contributed by atoms with Gasteiger partial charge in [-0.2, -0.15) is 0 Å². The van der Waals surface area contributed by atoms with Gasteiger partial charge in [-0.15, -0.1) is 0 Å². The van der Waals surface area contributed by atoms with Crippen molar-refractivity contribution in [3.63, 3.8) is 0 Å². The van der Waals surface area contributed by atoms with Gasteiger partial charge in [-0.25, -0.2) is 4.79 Å². The van der Waals surface area contributed by atoms with Crippen molar-refractivity contribution in [2.24, 2.45) is 0 Å². The number of esters is 1. The SMILES string of the molecule is CCCN(C(=O)CNC(=O)OC(C)(C)C)C(C(=O)NCCC(=O)OCC)c1cc(C)cc(C)c1. The Balaban J connectivity index is 3.13. The number of hydrogen-bond acceptors (Lipinski definition) is 6. The van der Waals surface area contributed by atoms with Crippen LogP contribution >= 0.6 is 0 Å². The number of alkyl carbamates (subject to hydrolysis) is 1. The monoisotopic (exact) mass is 477 g/mol. The van der Waals surface area contributed by atoms with E-state index in [-0.39, 0.29) is 26.1 Å². The summed E-state index contributed by atoms with van der Waals surface area (Å²) < 4.78 is 10.1. The van der Waals surface area contributed by atoms with Gasteiger partial charge in [0.15, 0.2) is 0 Å². The fourth-order valence-corrected chi connectivity index (χ4v) is 3.46. The number of aryl methyl sites for hydroxylation is 2. The van der Waals surface area contributed by atoms with Crippen molar-refractivity contribution in [2.45, 2.75) is 73.0 Å². The van der Waals surface area contributed by atoms with Crippen LogP contribution in [-0.2, 0) is 23.9 Å². The standard InChI is InChI=1S/C25H39N3O6/c1-8-12-28(20(29)16-27-24(32)34-25(5,6)7)22(19-14-17(3)13-18(4)15-19)23(31)26-11-10-21(30)33-9-2/h13-15,22H,8-12,16H2,1-7H3,(H,26,31)(H,27,32). The summed E-state index contributed by atoms with van der Waals surface area (Å²) in [4.78, 5) is 51.6. The number of carbonyl (C=O) groups excluding carboxylic acids is 4. The average molecular weight is 478 g/mol. The van der Waals surface area contributed by atoms with E-state index in [9.17, 15) is 19.2 Å². The highest BCUT2D eigenvalue weighted by atomic mass is 16.6. The summed E-state index contributed by atoms with van der Waals surface area (Å²) in [7, 11) is 0. The Kier molecular flexibility index (Phi) is 11.5. The Bertz CT molecular complexity index is 842. The summed E-state index contributed by atoms with van der Waals surface area (Å²) in [5.41, 5.74) is 1.87. The van der Waals surface area contributed by atoms with Gasteiger partial charge in [0.1, 0.15) is 18.2 Å². The van der Waals surface area contributed by atoms with Crippen LogP contribution in [0.4, 0.5) is 4.79 Å². The first kappa shape index (κ1) is 28.9. The molecule has 3 amide bonds. The molecule has 0 bridgehead atoms. The maximum atomic E-state index is 13.3. The predicted molar refractivity (Wildman–Crippen MR) is 129 cm³/mol. The molecule has 0 saturated heterocycles. The lowest BCUT2D eigenvalue weighted by molar-refractivity contribution is -0.143. The Morgan fingerprint density at radius 3 is 2.15 bits per heavy atom. The van der Waals surface area contributed by atoms with E-state index >= 15 is 0 Å². The average Bonchev–Trinajstić information content (AvgIpc) is 2.70. The Hall–Kier alpha value is -3.10. The van der Waals surface area contributed by atoms with Crippen LogP contribution in [-0.4, -0.2) is 60.6 Å². The lowest BCUT2D eigenvalue weighted by atomic mass is 9.99. The predicted octanol–water partition coefficient (Wildman–Crippen LogP) is 3.18. The zero-order valence-electron chi connectivity index (χ0n) is 21.4. The van der Waals surface area contributed by atoms with E-state index in [2.05, 4.69) is 10.6 Å². The van der Waals surface area contributed by atoms with Crippen LogP contribution < -0.4 is 10.6 Å². The largest absolute Gasteiger partial charge is 0.466 e. The van der Waals surface area contributed by atoms with E-state index in [1.807, 2.05) is 39.0 Å². The minimum absolute atomic E-state index is 0.0288. The van der Waals surface area contributed by atoms with Crippen molar-refractivity contribution in [1.82, 2.24) is 15.5 Å². The summed E-state index contributed by atoms with van der Waals surface area (Å²) in [6, 6.07) is 4.78. The van der Waals surface area contributed by atoms with E-state index in [1.54, 1.807) is 27.7 Å². The number of ether oxygens (including phenoxy) is 2. The molecule has 0 aliphatic carbocycles. The molecule has 9 heteroatoms. The summed E-state index contributed by atoms with van der Waals surface area (Å²) in [6.07, 6.45) is -0.0736. The summed E-state index contributed by atoms with van der Waals surface area (Å²) in [6.45, 7) is 13.0. The van der Waals surface area contributed by atoms with Crippen LogP contribution in [0.1, 0.15) is 70.2 Å². The van der Waals surface area contributed by atoms with Crippen molar-refractivity contribution < 1.29 is 28.7 Å². The molecule has 1 unspecified atom stereocenters. The molecule has 1 aromatic carbocycles. The molecule has 2 N–H and O–H groups in total. The van der Waals surface area contributed by atoms with Crippen molar-refractivity contribution in [1.29, 1.82) is 0 Å². The number of amides is 3. The number of rotatable bonds is 11. The fourth-order valence-electron chi connectivity index (χ4n) is 3.46. The van der Waals surface area contributed by atoms with E-state index < -0.39 is 35.5 Å². The third-order valence-corrected chi connectivity index (χ3v) is 4.62. The maximum Gasteiger partial charge on any atom is 0.408 e. The van der Waals surface area contributed by atoms with Crippen molar-refractivity contribution >= 4 is 23.9 Å². The van der Waals surface area contributed by atoms with Crippen LogP contribution in [0, 0.1) is 13.8 Å². The molecule has 0 heterocycles. The van der Waals surface area contributed by atoms with Gasteiger partial charge in [-0.1, -0.05) is 36.2 Å². The molecule has 34 heavy (non-hydrogen) atoms. The molecule has 1 rings (SSSR count). The van der Waals surface area contributed by atoms with E-state index in [0.717, 1.165) is 11.1 Å². The fraction of sp³-hybridized carbons (Fsp3) is 0.600. The molecular weight excluding hydrogens is 438 g/mol. The number of hydrogen-bond donors (Lipinski definition) is 2. The molecule has 190 valence electrons. The van der Waals surface area contributed by atoms with Gasteiger partial charge in [0.2, 0.25) is 11.8 Å². The van der Waals surface area contributed by atoms with Crippen molar-refractivity contribution in [3.8, 4) is 0 Å². The molecular formula is C25H39N3O6. The molecule has 9 nitrogen and oxygen atoms in total. The first-order chi connectivity index (χ1) is 15.9. The second-order valence-corrected chi connectivity index (χ2v) is 9.11. The van der Waals surface area contributed by atoms with Gasteiger partial charge in [0.25, 0.3) is 0 Å². The van der Waals surface area contributed by atoms with E-state index in [1.165, 1.54) is 4.90 Å². The molecule has 0 fully saturated rings. The van der Waals surface area contributed by atoms with E-state index in [4.69, 9.17) is 9.47 Å². The van der Waals surface area contributed by atoms with E-state index in [0.29, 0.717) is 18.5 Å². The molecule has 1 atom stereocenters. The molecule has 1 aromatic rings. The van der Waals surface area contributed by atoms with Crippen LogP contribution in [0.2, 0.25) is 0 Å². The number of benzene rings is 1. The van der Waals surface area contributed by atoms with Crippen molar-refractivity contribution in [3.05, 3.63) is 34.9 Å². The molecule has 0 aliphatic heterocycles. The highest BCUT2D eigenvalue weighted by molar-refractivity contribution is 5.90. The second kappa shape index (κ2) is 13.6. The van der Waals surface area contributed by atoms with Crippen LogP contribution in [0.25, 0.3) is 0 Å². The highest BCUT2D eigenvalue weighted by Gasteiger charge is 2.31. The zero-order valence-corrected chi connectivity index (χ0v) is 21.4. The lowest BCUT2D eigenvalue weighted by Gasteiger charge is -2.32. The maximum absolute atomic E-state index is 13.3. The summed E-state index contributed by atoms with van der Waals surface area (Å²) >= 11 is 0. The normalized spacial score (nSPS) is 11.9. The number of carbonyl (C=O) groups is 4. The first-order valence-electron chi connectivity index (χ1n) is 11.7. The third-order valence-electron chi connectivity index (χ3n) is 4.62. The molecule has 0 radical (unpaired) electrons. The minimum atomic E-state index is -0.923. The highest BCUT2D eigenvalue weighted by Crippen LogP contribution is 2.24. The van der Waals surface area contributed by atoms with Gasteiger partial charge in [0, 0.05) is 13.1 Å². The summed E-state index contributed by atoms with van der Waals surface area (Å²) in [5.74, 6) is -1.24. The quantitative estimate of drug-likeness (QED) is 0.473. The smallest absolute Gasteiger partial charge is 0.408 e. The van der Waals surface area contributed by atoms with Gasteiger partial charge in [-0.05, 0) is 53.5 Å². The lowest BCUT2D eigenvalue weighted by Crippen LogP contribution is -2.48. The van der Waals surface area contributed by atoms with Gasteiger partial charge < -0.3 is 25.0 Å². The Morgan fingerprint density at radius 1 is 1.00 bits per heavy atom. The Morgan fingerprint density at radius 2 is 1.62 bits per heavy atom. The van der Waals surface area contributed by atoms with Gasteiger partial charge >= 0.3 is 12.1 Å². The number of nitrogens with zero attached hydrogens (tertiary/aromatic N) is 1. The number of nitrogens with one attached hydrogen (secondary N) is 2.